The van der Waals surface area contributed by atoms with Crippen LogP contribution in [0, 0.1) is 0 Å². The minimum absolute atomic E-state index is 1.28. The molecular formula is C16H32OSi. The van der Waals surface area contributed by atoms with Crippen LogP contribution < -0.4 is 0 Å². The van der Waals surface area contributed by atoms with Gasteiger partial charge in [-0.2, -0.15) is 0 Å². The maximum atomic E-state index is 6.26. The van der Waals surface area contributed by atoms with E-state index in [0.29, 0.717) is 0 Å². The van der Waals surface area contributed by atoms with Gasteiger partial charge in [-0.15, -0.1) is 0 Å². The molecule has 0 unspecified atom stereocenters. The fraction of sp³-hybridized carbons (Fsp3) is 0.750. The van der Waals surface area contributed by atoms with Crippen LogP contribution in [-0.4, -0.2) is 8.32 Å². The quantitative estimate of drug-likeness (QED) is 0.238. The second-order valence-electron chi connectivity index (χ2n) is 5.18. The molecule has 0 aromatic carbocycles. The second kappa shape index (κ2) is 11.6. The maximum absolute atomic E-state index is 6.26. The zero-order valence-corrected chi connectivity index (χ0v) is 13.7. The first kappa shape index (κ1) is 17.5. The number of hydrogen-bond donors (Lipinski definition) is 0. The van der Waals surface area contributed by atoms with Crippen LogP contribution in [0.5, 0.6) is 0 Å². The minimum atomic E-state index is -1.53. The Hall–Kier alpha value is -0.503. The van der Waals surface area contributed by atoms with Crippen molar-refractivity contribution < 1.29 is 4.43 Å². The summed E-state index contributed by atoms with van der Waals surface area (Å²) >= 11 is 0. The molecule has 106 valence electrons. The summed E-state index contributed by atoms with van der Waals surface area (Å²) in [6, 6.07) is 3.97. The lowest BCUT2D eigenvalue weighted by molar-refractivity contribution is 0.443. The Balaban J connectivity index is 4.60. The molecule has 0 saturated carbocycles. The molecule has 18 heavy (non-hydrogen) atoms. The fourth-order valence-corrected chi connectivity index (χ4v) is 6.75. The van der Waals surface area contributed by atoms with E-state index in [1.165, 1.54) is 56.7 Å². The largest absolute Gasteiger partial charge is 0.549 e. The van der Waals surface area contributed by atoms with Gasteiger partial charge in [0, 0.05) is 0 Å². The molecule has 2 heteroatoms. The molecule has 0 rings (SSSR count). The minimum Gasteiger partial charge on any atom is -0.549 e. The zero-order chi connectivity index (χ0) is 13.7. The van der Waals surface area contributed by atoms with E-state index in [4.69, 9.17) is 4.43 Å². The third-order valence-electron chi connectivity index (χ3n) is 3.49. The molecule has 0 heterocycles. The van der Waals surface area contributed by atoms with E-state index in [9.17, 15) is 0 Å². The molecule has 0 aliphatic heterocycles. The molecule has 0 aromatic rings. The van der Waals surface area contributed by atoms with Crippen molar-refractivity contribution in [1.29, 1.82) is 0 Å². The smallest absolute Gasteiger partial charge is 0.250 e. The predicted molar refractivity (Wildman–Crippen MR) is 85.3 cm³/mol. The van der Waals surface area contributed by atoms with Crippen LogP contribution in [0.25, 0.3) is 0 Å². The van der Waals surface area contributed by atoms with Gasteiger partial charge in [0.25, 0.3) is 0 Å². The molecule has 0 bridgehead atoms. The van der Waals surface area contributed by atoms with Crippen LogP contribution in [0.2, 0.25) is 18.1 Å². The van der Waals surface area contributed by atoms with Crippen LogP contribution in [0.3, 0.4) is 0 Å². The van der Waals surface area contributed by atoms with Crippen molar-refractivity contribution in [2.75, 3.05) is 0 Å². The van der Waals surface area contributed by atoms with Crippen LogP contribution >= 0.6 is 0 Å². The van der Waals surface area contributed by atoms with Gasteiger partial charge >= 0.3 is 0 Å². The van der Waals surface area contributed by atoms with E-state index in [1.807, 2.05) is 12.3 Å². The third kappa shape index (κ3) is 7.75. The van der Waals surface area contributed by atoms with Gasteiger partial charge in [0.15, 0.2) is 0 Å². The average Bonchev–Trinajstić information content (AvgIpc) is 2.40. The summed E-state index contributed by atoms with van der Waals surface area (Å²) in [5.74, 6) is 0. The molecule has 0 saturated heterocycles. The van der Waals surface area contributed by atoms with Gasteiger partial charge < -0.3 is 4.43 Å². The van der Waals surface area contributed by atoms with Gasteiger partial charge in [-0.05, 0) is 24.2 Å². The topological polar surface area (TPSA) is 9.23 Å². The van der Waals surface area contributed by atoms with Crippen molar-refractivity contribution in [3.63, 3.8) is 0 Å². The normalized spacial score (nSPS) is 11.9. The first-order chi connectivity index (χ1) is 8.74. The van der Waals surface area contributed by atoms with Gasteiger partial charge in [0.1, 0.15) is 0 Å². The lowest BCUT2D eigenvalue weighted by Gasteiger charge is -2.30. The van der Waals surface area contributed by atoms with Gasteiger partial charge in [0.2, 0.25) is 8.32 Å². The molecule has 0 aliphatic rings. The lowest BCUT2D eigenvalue weighted by Crippen LogP contribution is -2.36. The molecule has 0 atom stereocenters. The first-order valence-corrected chi connectivity index (χ1v) is 10.2. The van der Waals surface area contributed by atoms with Crippen molar-refractivity contribution in [1.82, 2.24) is 0 Å². The lowest BCUT2D eigenvalue weighted by atomic mass is 10.4. The second-order valence-corrected chi connectivity index (χ2v) is 9.28. The van der Waals surface area contributed by atoms with Crippen LogP contribution in [-0.2, 0) is 4.43 Å². The standard InChI is InChI=1S/C16H32OSi/c1-5-9-13-17-18(14-10-6-2,15-11-7-3)16-12-8-4/h5,9,13H,1,6-8,10-12,14-16H2,2-4H3. The van der Waals surface area contributed by atoms with Crippen molar-refractivity contribution in [3.8, 4) is 0 Å². The number of allylic oxidation sites excluding steroid dienone is 2. The third-order valence-corrected chi connectivity index (χ3v) is 7.92. The Morgan fingerprint density at radius 1 is 0.889 bits per heavy atom. The van der Waals surface area contributed by atoms with Gasteiger partial charge in [-0.3, -0.25) is 0 Å². The molecular weight excluding hydrogens is 236 g/mol. The van der Waals surface area contributed by atoms with Crippen LogP contribution in [0.15, 0.2) is 25.0 Å². The highest BCUT2D eigenvalue weighted by Crippen LogP contribution is 2.29. The van der Waals surface area contributed by atoms with Crippen molar-refractivity contribution in [2.24, 2.45) is 0 Å². The summed E-state index contributed by atoms with van der Waals surface area (Å²) < 4.78 is 6.26. The molecule has 0 spiro atoms. The summed E-state index contributed by atoms with van der Waals surface area (Å²) in [7, 11) is -1.53. The van der Waals surface area contributed by atoms with E-state index >= 15 is 0 Å². The summed E-state index contributed by atoms with van der Waals surface area (Å²) in [6.07, 6.45) is 13.4. The van der Waals surface area contributed by atoms with E-state index in [2.05, 4.69) is 27.4 Å². The summed E-state index contributed by atoms with van der Waals surface area (Å²) in [5.41, 5.74) is 0. The summed E-state index contributed by atoms with van der Waals surface area (Å²) in [6.45, 7) is 10.5. The molecule has 0 fully saturated rings. The number of unbranched alkanes of at least 4 members (excludes halogenated alkanes) is 3. The number of hydrogen-bond acceptors (Lipinski definition) is 1. The Morgan fingerprint density at radius 3 is 1.67 bits per heavy atom. The fourth-order valence-electron chi connectivity index (χ4n) is 2.29. The van der Waals surface area contributed by atoms with Gasteiger partial charge in [0.05, 0.1) is 6.26 Å². The Bertz CT molecular complexity index is 201. The Labute approximate surface area is 115 Å². The predicted octanol–water partition coefficient (Wildman–Crippen LogP) is 6.05. The SMILES string of the molecule is C=CC=CO[Si](CCCC)(CCCC)CCCC. The van der Waals surface area contributed by atoms with Crippen molar-refractivity contribution in [2.45, 2.75) is 77.4 Å². The maximum Gasteiger partial charge on any atom is 0.250 e. The highest BCUT2D eigenvalue weighted by atomic mass is 28.4. The molecule has 0 N–H and O–H groups in total. The zero-order valence-electron chi connectivity index (χ0n) is 12.7. The number of rotatable bonds is 12. The van der Waals surface area contributed by atoms with Gasteiger partial charge in [-0.1, -0.05) is 72.0 Å². The molecule has 0 aliphatic carbocycles. The monoisotopic (exact) mass is 268 g/mol. The van der Waals surface area contributed by atoms with E-state index in [0.717, 1.165) is 0 Å². The summed E-state index contributed by atoms with van der Waals surface area (Å²) in [4.78, 5) is 0. The Morgan fingerprint density at radius 2 is 1.33 bits per heavy atom. The highest BCUT2D eigenvalue weighted by Gasteiger charge is 2.33. The van der Waals surface area contributed by atoms with E-state index < -0.39 is 8.32 Å². The molecule has 1 nitrogen and oxygen atoms in total. The molecule has 0 radical (unpaired) electrons. The highest BCUT2D eigenvalue weighted by molar-refractivity contribution is 6.74. The van der Waals surface area contributed by atoms with Gasteiger partial charge in [-0.25, -0.2) is 0 Å². The van der Waals surface area contributed by atoms with E-state index in [1.54, 1.807) is 6.08 Å². The average molecular weight is 269 g/mol. The molecule has 0 amide bonds. The van der Waals surface area contributed by atoms with Crippen LogP contribution in [0.4, 0.5) is 0 Å². The summed E-state index contributed by atoms with van der Waals surface area (Å²) in [5, 5.41) is 0. The van der Waals surface area contributed by atoms with Crippen molar-refractivity contribution in [3.05, 3.63) is 25.0 Å². The molecule has 0 aromatic heterocycles. The van der Waals surface area contributed by atoms with Crippen LogP contribution in [0.1, 0.15) is 59.3 Å². The van der Waals surface area contributed by atoms with Crippen molar-refractivity contribution >= 4 is 8.32 Å². The first-order valence-electron chi connectivity index (χ1n) is 7.70. The Kier molecular flexibility index (Phi) is 11.3. The van der Waals surface area contributed by atoms with E-state index in [-0.39, 0.29) is 0 Å².